The van der Waals surface area contributed by atoms with Crippen LogP contribution < -0.4 is 0 Å². The highest BCUT2D eigenvalue weighted by Gasteiger charge is 2.16. The van der Waals surface area contributed by atoms with Gasteiger partial charge in [-0.15, -0.1) is 0 Å². The van der Waals surface area contributed by atoms with E-state index < -0.39 is 6.23 Å². The maximum Gasteiger partial charge on any atom is 0.133 e. The van der Waals surface area contributed by atoms with Crippen molar-refractivity contribution >= 4 is 0 Å². The standard InChI is InChI=1S/C20H26FNO/c1-5-22(6-2)20(23)16-9-7-8-15(12-16)19-13-17(21)10-11-18(19)14(3)4/h7-14,20,23H,5-6H2,1-4H3. The molecule has 124 valence electrons. The summed E-state index contributed by atoms with van der Waals surface area (Å²) >= 11 is 0. The quantitative estimate of drug-likeness (QED) is 0.763. The lowest BCUT2D eigenvalue weighted by Crippen LogP contribution is -2.28. The normalized spacial score (nSPS) is 12.9. The van der Waals surface area contributed by atoms with Crippen molar-refractivity contribution in [2.75, 3.05) is 13.1 Å². The number of benzene rings is 2. The third-order valence-corrected chi connectivity index (χ3v) is 4.29. The second-order valence-electron chi connectivity index (χ2n) is 6.11. The number of hydrogen-bond donors (Lipinski definition) is 1. The molecule has 0 saturated heterocycles. The summed E-state index contributed by atoms with van der Waals surface area (Å²) in [5.74, 6) is 0.0704. The van der Waals surface area contributed by atoms with Gasteiger partial charge in [0.1, 0.15) is 12.0 Å². The summed E-state index contributed by atoms with van der Waals surface area (Å²) in [6.07, 6.45) is -0.638. The highest BCUT2D eigenvalue weighted by atomic mass is 19.1. The van der Waals surface area contributed by atoms with E-state index in [1.165, 1.54) is 6.07 Å². The van der Waals surface area contributed by atoms with Crippen LogP contribution in [0.3, 0.4) is 0 Å². The fourth-order valence-electron chi connectivity index (χ4n) is 2.93. The predicted octanol–water partition coefficient (Wildman–Crippen LogP) is 4.95. The van der Waals surface area contributed by atoms with Gasteiger partial charge in [-0.25, -0.2) is 4.39 Å². The van der Waals surface area contributed by atoms with Crippen LogP contribution in [0.4, 0.5) is 4.39 Å². The minimum atomic E-state index is -0.638. The van der Waals surface area contributed by atoms with Gasteiger partial charge in [-0.3, -0.25) is 4.90 Å². The molecule has 0 aliphatic heterocycles. The highest BCUT2D eigenvalue weighted by molar-refractivity contribution is 5.68. The zero-order valence-electron chi connectivity index (χ0n) is 14.4. The van der Waals surface area contributed by atoms with Crippen LogP contribution in [0, 0.1) is 5.82 Å². The molecule has 0 aliphatic rings. The van der Waals surface area contributed by atoms with E-state index in [0.29, 0.717) is 5.92 Å². The highest BCUT2D eigenvalue weighted by Crippen LogP contribution is 2.31. The Labute approximate surface area is 138 Å². The fraction of sp³-hybridized carbons (Fsp3) is 0.400. The molecule has 3 heteroatoms. The van der Waals surface area contributed by atoms with Crippen LogP contribution in [0.25, 0.3) is 11.1 Å². The molecule has 0 amide bonds. The summed E-state index contributed by atoms with van der Waals surface area (Å²) in [7, 11) is 0. The maximum absolute atomic E-state index is 13.7. The lowest BCUT2D eigenvalue weighted by atomic mass is 9.91. The Bertz CT molecular complexity index is 650. The van der Waals surface area contributed by atoms with Crippen molar-refractivity contribution in [2.24, 2.45) is 0 Å². The van der Waals surface area contributed by atoms with Crippen LogP contribution in [0.15, 0.2) is 42.5 Å². The van der Waals surface area contributed by atoms with Gasteiger partial charge in [-0.1, -0.05) is 52.0 Å². The van der Waals surface area contributed by atoms with Crippen molar-refractivity contribution in [3.63, 3.8) is 0 Å². The molecule has 1 unspecified atom stereocenters. The van der Waals surface area contributed by atoms with Gasteiger partial charge in [0.15, 0.2) is 0 Å². The van der Waals surface area contributed by atoms with Gasteiger partial charge < -0.3 is 5.11 Å². The first kappa shape index (κ1) is 17.6. The smallest absolute Gasteiger partial charge is 0.133 e. The van der Waals surface area contributed by atoms with Crippen LogP contribution in [0.5, 0.6) is 0 Å². The zero-order chi connectivity index (χ0) is 17.0. The van der Waals surface area contributed by atoms with Gasteiger partial charge >= 0.3 is 0 Å². The van der Waals surface area contributed by atoms with E-state index in [1.807, 2.05) is 49.1 Å². The molecule has 2 nitrogen and oxygen atoms in total. The van der Waals surface area contributed by atoms with Gasteiger partial charge in [0.25, 0.3) is 0 Å². The third kappa shape index (κ3) is 3.98. The predicted molar refractivity (Wildman–Crippen MR) is 93.8 cm³/mol. The molecule has 2 aromatic rings. The van der Waals surface area contributed by atoms with Crippen LogP contribution in [-0.4, -0.2) is 23.1 Å². The molecule has 0 aliphatic carbocycles. The maximum atomic E-state index is 13.7. The number of hydrogen-bond acceptors (Lipinski definition) is 2. The molecular weight excluding hydrogens is 289 g/mol. The second kappa shape index (κ2) is 7.71. The largest absolute Gasteiger partial charge is 0.374 e. The molecule has 0 heterocycles. The monoisotopic (exact) mass is 315 g/mol. The molecule has 0 radical (unpaired) electrons. The molecule has 1 atom stereocenters. The van der Waals surface area contributed by atoms with Crippen molar-refractivity contribution in [2.45, 2.75) is 39.8 Å². The lowest BCUT2D eigenvalue weighted by molar-refractivity contribution is 0.00905. The molecule has 0 bridgehead atoms. The molecule has 1 N–H and O–H groups in total. The SMILES string of the molecule is CCN(CC)C(O)c1cccc(-c2cc(F)ccc2C(C)C)c1. The number of aliphatic hydroxyl groups is 1. The topological polar surface area (TPSA) is 23.5 Å². The first-order chi connectivity index (χ1) is 11.0. The van der Waals surface area contributed by atoms with Crippen molar-refractivity contribution in [1.82, 2.24) is 4.90 Å². The summed E-state index contributed by atoms with van der Waals surface area (Å²) in [5.41, 5.74) is 3.79. The van der Waals surface area contributed by atoms with Crippen LogP contribution in [0.1, 0.15) is 51.0 Å². The number of halogens is 1. The van der Waals surface area contributed by atoms with E-state index in [1.54, 1.807) is 6.07 Å². The van der Waals surface area contributed by atoms with E-state index in [9.17, 15) is 9.50 Å². The summed E-state index contributed by atoms with van der Waals surface area (Å²) in [6.45, 7) is 9.81. The minimum Gasteiger partial charge on any atom is -0.374 e. The molecule has 0 saturated carbocycles. The Morgan fingerprint density at radius 1 is 1.04 bits per heavy atom. The van der Waals surface area contributed by atoms with E-state index in [2.05, 4.69) is 13.8 Å². The van der Waals surface area contributed by atoms with Crippen molar-refractivity contribution in [3.05, 3.63) is 59.4 Å². The average molecular weight is 315 g/mol. The average Bonchev–Trinajstić information content (AvgIpc) is 2.55. The minimum absolute atomic E-state index is 0.237. The Morgan fingerprint density at radius 3 is 2.35 bits per heavy atom. The molecule has 2 rings (SSSR count). The molecule has 2 aromatic carbocycles. The van der Waals surface area contributed by atoms with E-state index in [4.69, 9.17) is 0 Å². The molecule has 0 aromatic heterocycles. The Balaban J connectivity index is 2.46. The van der Waals surface area contributed by atoms with Crippen molar-refractivity contribution in [1.29, 1.82) is 0 Å². The Hall–Kier alpha value is -1.71. The van der Waals surface area contributed by atoms with Crippen LogP contribution in [-0.2, 0) is 0 Å². The number of aliphatic hydroxyl groups excluding tert-OH is 1. The Kier molecular flexibility index (Phi) is 5.91. The summed E-state index contributed by atoms with van der Waals surface area (Å²) in [4.78, 5) is 1.98. The van der Waals surface area contributed by atoms with Gasteiger partial charge in [0.2, 0.25) is 0 Å². The van der Waals surface area contributed by atoms with Crippen LogP contribution in [0.2, 0.25) is 0 Å². The van der Waals surface area contributed by atoms with Crippen molar-refractivity contribution in [3.8, 4) is 11.1 Å². The third-order valence-electron chi connectivity index (χ3n) is 4.29. The van der Waals surface area contributed by atoms with Crippen molar-refractivity contribution < 1.29 is 9.50 Å². The summed E-state index contributed by atoms with van der Waals surface area (Å²) in [5, 5.41) is 10.5. The lowest BCUT2D eigenvalue weighted by Gasteiger charge is -2.25. The van der Waals surface area contributed by atoms with E-state index in [0.717, 1.165) is 35.3 Å². The van der Waals surface area contributed by atoms with Crippen LogP contribution >= 0.6 is 0 Å². The molecule has 23 heavy (non-hydrogen) atoms. The van der Waals surface area contributed by atoms with Gasteiger partial charge in [0.05, 0.1) is 0 Å². The van der Waals surface area contributed by atoms with Gasteiger partial charge in [0, 0.05) is 0 Å². The summed E-state index contributed by atoms with van der Waals surface area (Å²) in [6, 6.07) is 12.7. The first-order valence-electron chi connectivity index (χ1n) is 8.29. The number of rotatable bonds is 6. The molecule has 0 fully saturated rings. The van der Waals surface area contributed by atoms with Gasteiger partial charge in [-0.05, 0) is 59.5 Å². The first-order valence-corrected chi connectivity index (χ1v) is 8.29. The number of nitrogens with zero attached hydrogens (tertiary/aromatic N) is 1. The van der Waals surface area contributed by atoms with E-state index >= 15 is 0 Å². The molecular formula is C20H26FNO. The molecule has 0 spiro atoms. The fourth-order valence-corrected chi connectivity index (χ4v) is 2.93. The summed E-state index contributed by atoms with van der Waals surface area (Å²) < 4.78 is 13.7. The second-order valence-corrected chi connectivity index (χ2v) is 6.11. The van der Waals surface area contributed by atoms with E-state index in [-0.39, 0.29) is 5.82 Å². The van der Waals surface area contributed by atoms with Gasteiger partial charge in [-0.2, -0.15) is 0 Å². The zero-order valence-corrected chi connectivity index (χ0v) is 14.4. The Morgan fingerprint density at radius 2 is 1.74 bits per heavy atom.